The summed E-state index contributed by atoms with van der Waals surface area (Å²) in [7, 11) is 0. The van der Waals surface area contributed by atoms with Crippen LogP contribution in [0.15, 0.2) is 34.9 Å². The van der Waals surface area contributed by atoms with Crippen molar-refractivity contribution in [3.05, 3.63) is 40.4 Å². The highest BCUT2D eigenvalue weighted by atomic mass is 32.2. The summed E-state index contributed by atoms with van der Waals surface area (Å²) in [6.45, 7) is 6.65. The third kappa shape index (κ3) is 5.86. The number of esters is 2. The number of rotatable bonds is 10. The Morgan fingerprint density at radius 2 is 1.93 bits per heavy atom. The number of aliphatic hydroxyl groups is 1. The highest BCUT2D eigenvalue weighted by molar-refractivity contribution is 8.03. The summed E-state index contributed by atoms with van der Waals surface area (Å²) in [5.74, 6) is -4.33. The van der Waals surface area contributed by atoms with Gasteiger partial charge < -0.3 is 35.2 Å². The Hall–Kier alpha value is -3.42. The van der Waals surface area contributed by atoms with Gasteiger partial charge in [-0.3, -0.25) is 14.4 Å². The molecule has 0 bridgehead atoms. The lowest BCUT2D eigenvalue weighted by Gasteiger charge is -2.46. The van der Waals surface area contributed by atoms with Gasteiger partial charge >= 0.3 is 17.9 Å². The number of hydrogen-bond acceptors (Lipinski definition) is 10. The van der Waals surface area contributed by atoms with E-state index in [0.29, 0.717) is 23.6 Å². The van der Waals surface area contributed by atoms with Gasteiger partial charge in [0, 0.05) is 28.3 Å². The molecule has 4 N–H and O–H groups in total. The molecule has 3 heterocycles. The summed E-state index contributed by atoms with van der Waals surface area (Å²) in [6.07, 6.45) is -0.458. The van der Waals surface area contributed by atoms with Gasteiger partial charge in [-0.15, -0.1) is 11.8 Å². The van der Waals surface area contributed by atoms with Gasteiger partial charge in [0.2, 0.25) is 18.6 Å². The van der Waals surface area contributed by atoms with E-state index in [4.69, 9.17) is 9.47 Å². The van der Waals surface area contributed by atoms with E-state index in [1.54, 1.807) is 26.0 Å². The molecule has 216 valence electrons. The zero-order valence-electron chi connectivity index (χ0n) is 22.6. The number of aliphatic hydroxyl groups excluding tert-OH is 1. The van der Waals surface area contributed by atoms with E-state index in [9.17, 15) is 34.2 Å². The van der Waals surface area contributed by atoms with Crippen LogP contribution >= 0.6 is 11.8 Å². The van der Waals surface area contributed by atoms with Crippen LogP contribution in [0, 0.1) is 17.8 Å². The van der Waals surface area contributed by atoms with Crippen LogP contribution in [0.1, 0.15) is 44.5 Å². The van der Waals surface area contributed by atoms with E-state index in [1.807, 2.05) is 6.92 Å². The van der Waals surface area contributed by atoms with Crippen molar-refractivity contribution in [1.29, 1.82) is 0 Å². The second-order valence-electron chi connectivity index (χ2n) is 10.4. The maximum atomic E-state index is 13.0. The average Bonchev–Trinajstić information content (AvgIpc) is 3.45. The SMILES string of the molecule is CC(C)C(=O)OCOC(=O)c1cccc(NC(=O)[C@@H]2C[C@H](SC3=C(C(=O)O)N4C(=O)[C@H]([C@@H](C)O)[C@H]4[C@H]3C)CN2)c1. The molecule has 6 atom stereocenters. The van der Waals surface area contributed by atoms with Gasteiger partial charge in [-0.05, 0) is 31.5 Å². The molecular formula is C27H33N3O9S. The summed E-state index contributed by atoms with van der Waals surface area (Å²) in [5.41, 5.74) is 0.507. The zero-order chi connectivity index (χ0) is 29.3. The number of β-lactam (4-membered cyclic amide) rings is 1. The summed E-state index contributed by atoms with van der Waals surface area (Å²) in [6, 6.07) is 5.22. The smallest absolute Gasteiger partial charge is 0.353 e. The van der Waals surface area contributed by atoms with Gasteiger partial charge in [-0.2, -0.15) is 0 Å². The molecule has 0 aliphatic carbocycles. The molecule has 40 heavy (non-hydrogen) atoms. The van der Waals surface area contributed by atoms with Crippen molar-refractivity contribution < 1.29 is 43.7 Å². The number of carboxylic acids is 1. The Kier molecular flexibility index (Phi) is 8.86. The molecule has 3 aliphatic heterocycles. The van der Waals surface area contributed by atoms with Crippen LogP contribution in [-0.2, 0) is 28.7 Å². The Morgan fingerprint density at radius 3 is 2.58 bits per heavy atom. The summed E-state index contributed by atoms with van der Waals surface area (Å²) >= 11 is 1.35. The lowest BCUT2D eigenvalue weighted by molar-refractivity contribution is -0.163. The molecule has 2 saturated heterocycles. The van der Waals surface area contributed by atoms with Crippen LogP contribution in [0.4, 0.5) is 5.69 Å². The van der Waals surface area contributed by atoms with Gasteiger partial charge in [0.15, 0.2) is 0 Å². The maximum Gasteiger partial charge on any atom is 0.353 e. The lowest BCUT2D eigenvalue weighted by atomic mass is 9.79. The average molecular weight is 576 g/mol. The number of benzene rings is 1. The van der Waals surface area contributed by atoms with Crippen LogP contribution in [0.25, 0.3) is 0 Å². The van der Waals surface area contributed by atoms with Crippen molar-refractivity contribution in [3.63, 3.8) is 0 Å². The van der Waals surface area contributed by atoms with E-state index >= 15 is 0 Å². The van der Waals surface area contributed by atoms with Crippen LogP contribution in [0.2, 0.25) is 0 Å². The third-order valence-corrected chi connectivity index (χ3v) is 8.75. The van der Waals surface area contributed by atoms with Crippen molar-refractivity contribution in [3.8, 4) is 0 Å². The van der Waals surface area contributed by atoms with Gasteiger partial charge in [0.1, 0.15) is 5.70 Å². The number of carbonyl (C=O) groups is 5. The summed E-state index contributed by atoms with van der Waals surface area (Å²) < 4.78 is 9.82. The second kappa shape index (κ2) is 12.0. The molecule has 0 unspecified atom stereocenters. The fourth-order valence-corrected chi connectivity index (χ4v) is 6.67. The molecule has 12 nitrogen and oxygen atoms in total. The first kappa shape index (κ1) is 29.6. The van der Waals surface area contributed by atoms with Gasteiger partial charge in [-0.1, -0.05) is 26.8 Å². The van der Waals surface area contributed by atoms with Crippen LogP contribution in [0.3, 0.4) is 0 Å². The number of carboxylic acid groups (broad SMARTS) is 1. The topological polar surface area (TPSA) is 172 Å². The maximum absolute atomic E-state index is 13.0. The summed E-state index contributed by atoms with van der Waals surface area (Å²) in [5, 5.41) is 25.7. The number of amides is 2. The fourth-order valence-electron chi connectivity index (χ4n) is 5.20. The predicted octanol–water partition coefficient (Wildman–Crippen LogP) is 1.56. The predicted molar refractivity (Wildman–Crippen MR) is 144 cm³/mol. The first-order valence-corrected chi connectivity index (χ1v) is 13.9. The Labute approximate surface area is 235 Å². The molecule has 1 aromatic carbocycles. The molecule has 1 aromatic rings. The third-order valence-electron chi connectivity index (χ3n) is 7.24. The van der Waals surface area contributed by atoms with Crippen LogP contribution in [-0.4, -0.2) is 81.6 Å². The minimum Gasteiger partial charge on any atom is -0.477 e. The normalized spacial score (nSPS) is 26.3. The van der Waals surface area contributed by atoms with E-state index in [1.165, 1.54) is 35.7 Å². The van der Waals surface area contributed by atoms with Crippen molar-refractivity contribution in [2.24, 2.45) is 17.8 Å². The van der Waals surface area contributed by atoms with Crippen LogP contribution in [0.5, 0.6) is 0 Å². The first-order valence-electron chi connectivity index (χ1n) is 13.0. The number of carbonyl (C=O) groups excluding carboxylic acids is 4. The van der Waals surface area contributed by atoms with E-state index in [0.717, 1.165) is 0 Å². The van der Waals surface area contributed by atoms with Gasteiger partial charge in [0.05, 0.1) is 35.6 Å². The van der Waals surface area contributed by atoms with Crippen molar-refractivity contribution in [2.45, 2.75) is 57.6 Å². The van der Waals surface area contributed by atoms with Crippen molar-refractivity contribution in [2.75, 3.05) is 18.7 Å². The van der Waals surface area contributed by atoms with Gasteiger partial charge in [0.25, 0.3) is 0 Å². The molecular weight excluding hydrogens is 542 g/mol. The Morgan fingerprint density at radius 1 is 1.20 bits per heavy atom. The van der Waals surface area contributed by atoms with E-state index < -0.39 is 48.8 Å². The Balaban J connectivity index is 1.34. The monoisotopic (exact) mass is 575 g/mol. The van der Waals surface area contributed by atoms with E-state index in [-0.39, 0.29) is 40.2 Å². The van der Waals surface area contributed by atoms with Gasteiger partial charge in [-0.25, -0.2) is 9.59 Å². The number of ether oxygens (including phenoxy) is 2. The van der Waals surface area contributed by atoms with Crippen LogP contribution < -0.4 is 10.6 Å². The summed E-state index contributed by atoms with van der Waals surface area (Å²) in [4.78, 5) is 63.2. The number of aliphatic carboxylic acids is 1. The quantitative estimate of drug-likeness (QED) is 0.181. The van der Waals surface area contributed by atoms with Crippen molar-refractivity contribution in [1.82, 2.24) is 10.2 Å². The van der Waals surface area contributed by atoms with Crippen molar-refractivity contribution >= 4 is 47.2 Å². The minimum atomic E-state index is -1.19. The zero-order valence-corrected chi connectivity index (χ0v) is 23.4. The molecule has 3 aliphatic rings. The molecule has 0 spiro atoms. The lowest BCUT2D eigenvalue weighted by Crippen LogP contribution is -2.63. The number of nitrogens with zero attached hydrogens (tertiary/aromatic N) is 1. The minimum absolute atomic E-state index is 0.0417. The fraction of sp³-hybridized carbons (Fsp3) is 0.519. The molecule has 4 rings (SSSR count). The first-order chi connectivity index (χ1) is 18.9. The number of hydrogen-bond donors (Lipinski definition) is 4. The molecule has 0 aromatic heterocycles. The molecule has 2 amide bonds. The molecule has 13 heteroatoms. The van der Waals surface area contributed by atoms with E-state index in [2.05, 4.69) is 10.6 Å². The number of nitrogens with one attached hydrogen (secondary N) is 2. The number of thioether (sulfide) groups is 1. The second-order valence-corrected chi connectivity index (χ2v) is 11.8. The molecule has 0 saturated carbocycles. The number of anilines is 1. The highest BCUT2D eigenvalue weighted by Crippen LogP contribution is 2.51. The highest BCUT2D eigenvalue weighted by Gasteiger charge is 2.60. The standard InChI is InChI=1S/C27H33N3O9S/c1-12(2)26(36)38-11-39-27(37)15-6-5-7-16(8-15)29-23(32)18-9-17(10-28-18)40-22-13(3)20-19(14(4)31)24(33)30(20)21(22)25(34)35/h5-8,12-14,17-20,28,31H,9-11H2,1-4H3,(H,29,32)(H,34,35)/t13-,14-,17+,18+,19-,20-/m1/s1. The number of fused-ring (bicyclic) bond motifs is 1. The molecule has 0 radical (unpaired) electrons. The molecule has 2 fully saturated rings. The Bertz CT molecular complexity index is 1250. The largest absolute Gasteiger partial charge is 0.477 e.